The SMILES string of the molecule is CCC(CO)NC(=O)C(C)(N)CC. The average molecular weight is 188 g/mol. The van der Waals surface area contributed by atoms with E-state index in [0.717, 1.165) is 0 Å². The lowest BCUT2D eigenvalue weighted by Crippen LogP contribution is -2.54. The zero-order chi connectivity index (χ0) is 10.5. The van der Waals surface area contributed by atoms with Crippen LogP contribution in [0.1, 0.15) is 33.6 Å². The maximum Gasteiger partial charge on any atom is 0.240 e. The number of aliphatic hydroxyl groups is 1. The third-order valence-corrected chi connectivity index (χ3v) is 2.30. The number of nitrogens with one attached hydrogen (secondary N) is 1. The number of carbonyl (C=O) groups is 1. The summed E-state index contributed by atoms with van der Waals surface area (Å²) in [5.41, 5.74) is 4.89. The van der Waals surface area contributed by atoms with Crippen LogP contribution in [0.4, 0.5) is 0 Å². The third kappa shape index (κ3) is 3.74. The van der Waals surface area contributed by atoms with Crippen LogP contribution in [-0.4, -0.2) is 29.2 Å². The standard InChI is InChI=1S/C9H20N2O2/c1-4-7(6-12)11-8(13)9(3,10)5-2/h7,12H,4-6,10H2,1-3H3,(H,11,13). The molecule has 0 heterocycles. The predicted octanol–water partition coefficient (Wildman–Crippen LogP) is 0.000900. The van der Waals surface area contributed by atoms with E-state index in [-0.39, 0.29) is 18.6 Å². The van der Waals surface area contributed by atoms with E-state index in [1.165, 1.54) is 0 Å². The van der Waals surface area contributed by atoms with Crippen LogP contribution in [0.15, 0.2) is 0 Å². The second-order valence-corrected chi connectivity index (χ2v) is 3.53. The Bertz CT molecular complexity index is 165. The van der Waals surface area contributed by atoms with Gasteiger partial charge >= 0.3 is 0 Å². The van der Waals surface area contributed by atoms with E-state index in [0.29, 0.717) is 12.8 Å². The van der Waals surface area contributed by atoms with Gasteiger partial charge in [-0.3, -0.25) is 4.79 Å². The van der Waals surface area contributed by atoms with Gasteiger partial charge < -0.3 is 16.2 Å². The van der Waals surface area contributed by atoms with E-state index in [1.54, 1.807) is 6.92 Å². The fourth-order valence-corrected chi connectivity index (χ4v) is 0.788. The number of amides is 1. The monoisotopic (exact) mass is 188 g/mol. The molecule has 78 valence electrons. The van der Waals surface area contributed by atoms with Gasteiger partial charge in [-0.1, -0.05) is 13.8 Å². The summed E-state index contributed by atoms with van der Waals surface area (Å²) in [7, 11) is 0. The van der Waals surface area contributed by atoms with Crippen molar-refractivity contribution in [3.8, 4) is 0 Å². The molecule has 4 heteroatoms. The van der Waals surface area contributed by atoms with Gasteiger partial charge in [0.1, 0.15) is 0 Å². The molecule has 4 N–H and O–H groups in total. The summed E-state index contributed by atoms with van der Waals surface area (Å²) in [6, 6.07) is -0.179. The van der Waals surface area contributed by atoms with E-state index >= 15 is 0 Å². The topological polar surface area (TPSA) is 75.3 Å². The Balaban J connectivity index is 4.13. The maximum atomic E-state index is 11.5. The second-order valence-electron chi connectivity index (χ2n) is 3.53. The molecule has 0 rings (SSSR count). The smallest absolute Gasteiger partial charge is 0.240 e. The largest absolute Gasteiger partial charge is 0.394 e. The summed E-state index contributed by atoms with van der Waals surface area (Å²) in [6.45, 7) is 5.41. The van der Waals surface area contributed by atoms with E-state index in [1.807, 2.05) is 13.8 Å². The van der Waals surface area contributed by atoms with Gasteiger partial charge in [0.2, 0.25) is 5.91 Å². The second kappa shape index (κ2) is 5.19. The molecule has 0 bridgehead atoms. The maximum absolute atomic E-state index is 11.5. The minimum Gasteiger partial charge on any atom is -0.394 e. The number of nitrogens with two attached hydrogens (primary N) is 1. The Labute approximate surface area is 79.5 Å². The van der Waals surface area contributed by atoms with Gasteiger partial charge in [-0.2, -0.15) is 0 Å². The number of hydrogen-bond acceptors (Lipinski definition) is 3. The average Bonchev–Trinajstić information content (AvgIpc) is 2.13. The Morgan fingerprint density at radius 2 is 2.15 bits per heavy atom. The van der Waals surface area contributed by atoms with Crippen LogP contribution in [0, 0.1) is 0 Å². The summed E-state index contributed by atoms with van der Waals surface area (Å²) in [6.07, 6.45) is 1.29. The zero-order valence-corrected chi connectivity index (χ0v) is 8.63. The Kier molecular flexibility index (Phi) is 4.95. The van der Waals surface area contributed by atoms with Gasteiger partial charge in [0.05, 0.1) is 18.2 Å². The van der Waals surface area contributed by atoms with Gasteiger partial charge in [-0.15, -0.1) is 0 Å². The van der Waals surface area contributed by atoms with Gasteiger partial charge in [0, 0.05) is 0 Å². The molecule has 0 spiro atoms. The quantitative estimate of drug-likeness (QED) is 0.568. The minimum atomic E-state index is -0.831. The van der Waals surface area contributed by atoms with Crippen LogP contribution in [0.25, 0.3) is 0 Å². The fraction of sp³-hybridized carbons (Fsp3) is 0.889. The van der Waals surface area contributed by atoms with Crippen molar-refractivity contribution in [3.05, 3.63) is 0 Å². The summed E-state index contributed by atoms with van der Waals surface area (Å²) in [4.78, 5) is 11.5. The van der Waals surface area contributed by atoms with Crippen molar-refractivity contribution in [3.63, 3.8) is 0 Å². The van der Waals surface area contributed by atoms with Crippen molar-refractivity contribution in [1.29, 1.82) is 0 Å². The van der Waals surface area contributed by atoms with Crippen molar-refractivity contribution >= 4 is 5.91 Å². The zero-order valence-electron chi connectivity index (χ0n) is 8.63. The molecule has 2 atom stereocenters. The van der Waals surface area contributed by atoms with Crippen LogP contribution in [0.2, 0.25) is 0 Å². The molecule has 0 aliphatic rings. The van der Waals surface area contributed by atoms with Gasteiger partial charge in [0.25, 0.3) is 0 Å². The first-order valence-electron chi connectivity index (χ1n) is 4.68. The van der Waals surface area contributed by atoms with Gasteiger partial charge in [-0.25, -0.2) is 0 Å². The van der Waals surface area contributed by atoms with Crippen LogP contribution < -0.4 is 11.1 Å². The molecule has 13 heavy (non-hydrogen) atoms. The molecule has 0 aliphatic carbocycles. The highest BCUT2D eigenvalue weighted by atomic mass is 16.3. The van der Waals surface area contributed by atoms with E-state index < -0.39 is 5.54 Å². The van der Waals surface area contributed by atoms with Gasteiger partial charge in [-0.05, 0) is 19.8 Å². The molecule has 1 amide bonds. The summed E-state index contributed by atoms with van der Waals surface area (Å²) in [5.74, 6) is -0.198. The first-order chi connectivity index (χ1) is 5.97. The number of hydrogen-bond donors (Lipinski definition) is 3. The van der Waals surface area contributed by atoms with E-state index in [4.69, 9.17) is 10.8 Å². The molecule has 0 fully saturated rings. The number of rotatable bonds is 5. The van der Waals surface area contributed by atoms with Crippen LogP contribution in [-0.2, 0) is 4.79 Å². The summed E-state index contributed by atoms with van der Waals surface area (Å²) in [5, 5.41) is 11.6. The highest BCUT2D eigenvalue weighted by molar-refractivity contribution is 5.85. The molecule has 0 saturated carbocycles. The summed E-state index contributed by atoms with van der Waals surface area (Å²) < 4.78 is 0. The fourth-order valence-electron chi connectivity index (χ4n) is 0.788. The molecule has 0 aromatic heterocycles. The first-order valence-corrected chi connectivity index (χ1v) is 4.68. The number of carbonyl (C=O) groups excluding carboxylic acids is 1. The molecule has 4 nitrogen and oxygen atoms in total. The lowest BCUT2D eigenvalue weighted by Gasteiger charge is -2.24. The molecule has 0 aromatic rings. The lowest BCUT2D eigenvalue weighted by molar-refractivity contribution is -0.127. The molecule has 0 aromatic carbocycles. The minimum absolute atomic E-state index is 0.0396. The molecular formula is C9H20N2O2. The van der Waals surface area contributed by atoms with Crippen LogP contribution in [0.5, 0.6) is 0 Å². The van der Waals surface area contributed by atoms with Gasteiger partial charge in [0.15, 0.2) is 0 Å². The summed E-state index contributed by atoms with van der Waals surface area (Å²) >= 11 is 0. The highest BCUT2D eigenvalue weighted by Crippen LogP contribution is 2.05. The van der Waals surface area contributed by atoms with Crippen molar-refractivity contribution in [2.75, 3.05) is 6.61 Å². The Morgan fingerprint density at radius 1 is 1.62 bits per heavy atom. The van der Waals surface area contributed by atoms with Crippen LogP contribution >= 0.6 is 0 Å². The Hall–Kier alpha value is -0.610. The van der Waals surface area contributed by atoms with Crippen molar-refractivity contribution in [2.24, 2.45) is 5.73 Å². The molecular weight excluding hydrogens is 168 g/mol. The third-order valence-electron chi connectivity index (χ3n) is 2.30. The normalized spacial score (nSPS) is 17.6. The molecule has 2 unspecified atom stereocenters. The van der Waals surface area contributed by atoms with Crippen molar-refractivity contribution in [1.82, 2.24) is 5.32 Å². The van der Waals surface area contributed by atoms with E-state index in [9.17, 15) is 4.79 Å². The van der Waals surface area contributed by atoms with E-state index in [2.05, 4.69) is 5.32 Å². The van der Waals surface area contributed by atoms with Crippen molar-refractivity contribution in [2.45, 2.75) is 45.2 Å². The molecule has 0 radical (unpaired) electrons. The van der Waals surface area contributed by atoms with Crippen LogP contribution in [0.3, 0.4) is 0 Å². The molecule has 0 saturated heterocycles. The highest BCUT2D eigenvalue weighted by Gasteiger charge is 2.27. The van der Waals surface area contributed by atoms with Crippen molar-refractivity contribution < 1.29 is 9.90 Å². The lowest BCUT2D eigenvalue weighted by atomic mass is 9.99. The Morgan fingerprint density at radius 3 is 2.46 bits per heavy atom. The predicted molar refractivity (Wildman–Crippen MR) is 52.2 cm³/mol. The molecule has 0 aliphatic heterocycles. The number of aliphatic hydroxyl groups excluding tert-OH is 1. The first kappa shape index (κ1) is 12.4.